The van der Waals surface area contributed by atoms with Crippen LogP contribution in [0.15, 0.2) is 57.0 Å². The van der Waals surface area contributed by atoms with Crippen LogP contribution in [0, 0.1) is 10.1 Å². The first-order chi connectivity index (χ1) is 15.1. The number of carbonyl (C=O) groups excluding carboxylic acids is 1. The Morgan fingerprint density at radius 1 is 1.22 bits per heavy atom. The Morgan fingerprint density at radius 2 is 1.91 bits per heavy atom. The van der Waals surface area contributed by atoms with E-state index in [1.165, 1.54) is 6.92 Å². The number of benzene rings is 2. The molecule has 3 aromatic rings. The van der Waals surface area contributed by atoms with Gasteiger partial charge in [0.05, 0.1) is 15.4 Å². The van der Waals surface area contributed by atoms with E-state index in [0.717, 1.165) is 28.4 Å². The van der Waals surface area contributed by atoms with Gasteiger partial charge in [0.2, 0.25) is 11.1 Å². The Balaban J connectivity index is 2.02. The minimum Gasteiger partial charge on any atom is -0.356 e. The molecule has 0 aliphatic heterocycles. The summed E-state index contributed by atoms with van der Waals surface area (Å²) in [5.41, 5.74) is -1.15. The number of alkyl halides is 3. The molecule has 168 valence electrons. The van der Waals surface area contributed by atoms with Gasteiger partial charge in [0.25, 0.3) is 5.69 Å². The molecule has 1 heterocycles. The molecule has 1 N–H and O–H groups in total. The summed E-state index contributed by atoms with van der Waals surface area (Å²) in [4.78, 5) is 21.7. The van der Waals surface area contributed by atoms with E-state index >= 15 is 0 Å². The molecule has 1 amide bonds. The van der Waals surface area contributed by atoms with Crippen molar-refractivity contribution < 1.29 is 22.9 Å². The zero-order valence-corrected chi connectivity index (χ0v) is 18.8. The first-order valence-electron chi connectivity index (χ1n) is 9.04. The molecule has 0 bridgehead atoms. The van der Waals surface area contributed by atoms with Gasteiger partial charge < -0.3 is 5.32 Å². The van der Waals surface area contributed by atoms with E-state index < -0.39 is 22.4 Å². The third-order valence-electron chi connectivity index (χ3n) is 4.19. The van der Waals surface area contributed by atoms with Crippen LogP contribution in [0.3, 0.4) is 0 Å². The average Bonchev–Trinajstić information content (AvgIpc) is 3.10. The van der Waals surface area contributed by atoms with Crippen molar-refractivity contribution in [2.75, 3.05) is 6.54 Å². The van der Waals surface area contributed by atoms with Crippen molar-refractivity contribution in [3.8, 4) is 5.69 Å². The number of nitrogens with one attached hydrogen (secondary N) is 1. The lowest BCUT2D eigenvalue weighted by Gasteiger charge is -2.12. The van der Waals surface area contributed by atoms with Crippen molar-refractivity contribution in [1.82, 2.24) is 20.1 Å². The van der Waals surface area contributed by atoms with E-state index in [4.69, 9.17) is 0 Å². The molecule has 0 spiro atoms. The lowest BCUT2D eigenvalue weighted by Crippen LogP contribution is -2.23. The second-order valence-electron chi connectivity index (χ2n) is 6.48. The van der Waals surface area contributed by atoms with Gasteiger partial charge in [-0.3, -0.25) is 19.5 Å². The molecule has 13 heteroatoms. The van der Waals surface area contributed by atoms with Crippen molar-refractivity contribution in [3.63, 3.8) is 0 Å². The Morgan fingerprint density at radius 3 is 2.50 bits per heavy atom. The van der Waals surface area contributed by atoms with Crippen LogP contribution in [0.2, 0.25) is 0 Å². The number of aromatic nitrogens is 3. The molecule has 0 aliphatic carbocycles. The maximum absolute atomic E-state index is 13.0. The van der Waals surface area contributed by atoms with Crippen LogP contribution in [-0.4, -0.2) is 32.1 Å². The summed E-state index contributed by atoms with van der Waals surface area (Å²) in [5, 5.41) is 22.5. The van der Waals surface area contributed by atoms with Gasteiger partial charge >= 0.3 is 6.18 Å². The molecule has 0 saturated heterocycles. The predicted octanol–water partition coefficient (Wildman–Crippen LogP) is 4.79. The van der Waals surface area contributed by atoms with Crippen molar-refractivity contribution in [3.05, 3.63) is 68.4 Å². The highest BCUT2D eigenvalue weighted by atomic mass is 79.9. The summed E-state index contributed by atoms with van der Waals surface area (Å²) < 4.78 is 41.5. The summed E-state index contributed by atoms with van der Waals surface area (Å²) in [6.45, 7) is 1.67. The van der Waals surface area contributed by atoms with Crippen LogP contribution in [0.25, 0.3) is 5.69 Å². The molecule has 1 aromatic heterocycles. The zero-order chi connectivity index (χ0) is 23.5. The highest BCUT2D eigenvalue weighted by molar-refractivity contribution is 9.10. The predicted molar refractivity (Wildman–Crippen MR) is 114 cm³/mol. The van der Waals surface area contributed by atoms with Crippen molar-refractivity contribution in [1.29, 1.82) is 0 Å². The largest absolute Gasteiger partial charge is 0.416 e. The smallest absolute Gasteiger partial charge is 0.356 e. The molecule has 0 radical (unpaired) electrons. The van der Waals surface area contributed by atoms with Gasteiger partial charge in [0, 0.05) is 36.1 Å². The van der Waals surface area contributed by atoms with Crippen molar-refractivity contribution in [2.45, 2.75) is 29.6 Å². The van der Waals surface area contributed by atoms with Gasteiger partial charge in [0.15, 0.2) is 0 Å². The summed E-state index contributed by atoms with van der Waals surface area (Å²) in [6.07, 6.45) is -4.39. The van der Waals surface area contributed by atoms with E-state index in [-0.39, 0.29) is 22.5 Å². The summed E-state index contributed by atoms with van der Waals surface area (Å²) in [6, 6.07) is 9.42. The molecule has 0 saturated carbocycles. The molecule has 0 unspecified atom stereocenters. The lowest BCUT2D eigenvalue weighted by molar-refractivity contribution is -0.388. The Labute approximate surface area is 192 Å². The summed E-state index contributed by atoms with van der Waals surface area (Å²) in [5.74, 6) is 0.257. The number of amides is 1. The standard InChI is InChI=1S/C19H15BrF3N5O3S/c1-11(29)24-9-8-17-25-26-18(27(17)14-5-3-13(20)4-6-14)32-16-7-2-12(19(21,22)23)10-15(16)28(30)31/h2-7,10H,8-9H2,1H3,(H,24,29). The first-order valence-corrected chi connectivity index (χ1v) is 10.7. The number of halogens is 4. The van der Waals surface area contributed by atoms with E-state index in [0.29, 0.717) is 24.0 Å². The van der Waals surface area contributed by atoms with Crippen LogP contribution in [0.1, 0.15) is 18.3 Å². The minimum absolute atomic E-state index is 0.0119. The normalized spacial score (nSPS) is 11.4. The third-order valence-corrected chi connectivity index (χ3v) is 5.73. The maximum atomic E-state index is 13.0. The molecule has 8 nitrogen and oxygen atoms in total. The quantitative estimate of drug-likeness (QED) is 0.348. The second kappa shape index (κ2) is 9.69. The van der Waals surface area contributed by atoms with Gasteiger partial charge in [0.1, 0.15) is 5.82 Å². The Bertz CT molecular complexity index is 1150. The number of nitrogens with zero attached hydrogens (tertiary/aromatic N) is 4. The fourth-order valence-corrected chi connectivity index (χ4v) is 3.97. The number of rotatable bonds is 7. The molecule has 0 fully saturated rings. The van der Waals surface area contributed by atoms with E-state index in [1.807, 2.05) is 0 Å². The van der Waals surface area contributed by atoms with E-state index in [9.17, 15) is 28.1 Å². The number of nitro benzene ring substituents is 1. The van der Waals surface area contributed by atoms with Crippen LogP contribution >= 0.6 is 27.7 Å². The fraction of sp³-hybridized carbons (Fsp3) is 0.211. The molecule has 0 aliphatic rings. The van der Waals surface area contributed by atoms with Gasteiger partial charge in [-0.1, -0.05) is 15.9 Å². The van der Waals surface area contributed by atoms with E-state index in [1.54, 1.807) is 28.8 Å². The molecular formula is C19H15BrF3N5O3S. The van der Waals surface area contributed by atoms with Crippen LogP contribution < -0.4 is 5.32 Å². The molecule has 2 aromatic carbocycles. The first kappa shape index (κ1) is 23.7. The van der Waals surface area contributed by atoms with Gasteiger partial charge in [-0.05, 0) is 48.2 Å². The Kier molecular flexibility index (Phi) is 7.19. The van der Waals surface area contributed by atoms with Crippen LogP contribution in [0.5, 0.6) is 0 Å². The lowest BCUT2D eigenvalue weighted by atomic mass is 10.2. The van der Waals surface area contributed by atoms with Gasteiger partial charge in [-0.25, -0.2) is 0 Å². The van der Waals surface area contributed by atoms with Gasteiger partial charge in [-0.2, -0.15) is 13.2 Å². The fourth-order valence-electron chi connectivity index (χ4n) is 2.75. The summed E-state index contributed by atoms with van der Waals surface area (Å²) >= 11 is 4.17. The molecule has 3 rings (SSSR count). The zero-order valence-electron chi connectivity index (χ0n) is 16.4. The monoisotopic (exact) mass is 529 g/mol. The van der Waals surface area contributed by atoms with Crippen molar-refractivity contribution >= 4 is 39.3 Å². The maximum Gasteiger partial charge on any atom is 0.416 e. The Hall–Kier alpha value is -2.93. The number of hydrogen-bond donors (Lipinski definition) is 1. The van der Waals surface area contributed by atoms with E-state index in [2.05, 4.69) is 31.4 Å². The molecular weight excluding hydrogens is 515 g/mol. The highest BCUT2D eigenvalue weighted by Gasteiger charge is 2.33. The van der Waals surface area contributed by atoms with Crippen LogP contribution in [0.4, 0.5) is 18.9 Å². The number of carbonyl (C=O) groups is 1. The van der Waals surface area contributed by atoms with Crippen molar-refractivity contribution in [2.24, 2.45) is 0 Å². The molecule has 0 atom stereocenters. The summed E-state index contributed by atoms with van der Waals surface area (Å²) in [7, 11) is 0. The second-order valence-corrected chi connectivity index (χ2v) is 8.41. The van der Waals surface area contributed by atoms with Crippen LogP contribution in [-0.2, 0) is 17.4 Å². The SMILES string of the molecule is CC(=O)NCCc1nnc(Sc2ccc(C(F)(F)F)cc2[N+](=O)[O-])n1-c1ccc(Br)cc1. The topological polar surface area (TPSA) is 103 Å². The highest BCUT2D eigenvalue weighted by Crippen LogP contribution is 2.39. The third kappa shape index (κ3) is 5.65. The van der Waals surface area contributed by atoms with Gasteiger partial charge in [-0.15, -0.1) is 10.2 Å². The number of nitro groups is 1. The average molecular weight is 530 g/mol. The molecule has 32 heavy (non-hydrogen) atoms. The number of hydrogen-bond acceptors (Lipinski definition) is 6. The minimum atomic E-state index is -4.71.